The fraction of sp³-hybridized carbons (Fsp3) is 0.412. The molecule has 3 N–H and O–H groups in total. The second-order valence-corrected chi connectivity index (χ2v) is 7.46. The lowest BCUT2D eigenvalue weighted by Gasteiger charge is -2.06. The van der Waals surface area contributed by atoms with E-state index >= 15 is 0 Å². The first kappa shape index (κ1) is 19.8. The van der Waals surface area contributed by atoms with Gasteiger partial charge in [0.15, 0.2) is 0 Å². The fourth-order valence-electron chi connectivity index (χ4n) is 3.05. The molecule has 1 aromatic heterocycles. The molecule has 2 aromatic rings. The molecule has 1 saturated carbocycles. The molecule has 1 aliphatic carbocycles. The number of aromatic nitrogens is 3. The van der Waals surface area contributed by atoms with E-state index in [-0.39, 0.29) is 17.0 Å². The number of carbonyl (C=O) groups is 2. The summed E-state index contributed by atoms with van der Waals surface area (Å²) in [5.74, 6) is 0.423. The lowest BCUT2D eigenvalue weighted by atomic mass is 10.0. The summed E-state index contributed by atoms with van der Waals surface area (Å²) >= 11 is 1.15. The molecule has 10 nitrogen and oxygen atoms in total. The number of nitro benzene ring substituents is 1. The minimum absolute atomic E-state index is 0.0237. The van der Waals surface area contributed by atoms with Crippen molar-refractivity contribution in [1.29, 1.82) is 0 Å². The molecule has 1 aliphatic rings. The summed E-state index contributed by atoms with van der Waals surface area (Å²) in [4.78, 5) is 38.4. The molecule has 28 heavy (non-hydrogen) atoms. The SMILES string of the molecule is O=C(CSc1n[nH]c(CC2CCCC2)n1)NNC(=O)c1cccc([N+](=O)[O-])c1. The monoisotopic (exact) mass is 404 g/mol. The minimum Gasteiger partial charge on any atom is -0.272 e. The number of nitro groups is 1. The zero-order chi connectivity index (χ0) is 19.9. The first-order valence-electron chi connectivity index (χ1n) is 8.89. The summed E-state index contributed by atoms with van der Waals surface area (Å²) in [7, 11) is 0. The molecule has 0 radical (unpaired) electrons. The topological polar surface area (TPSA) is 143 Å². The number of nitrogens with one attached hydrogen (secondary N) is 3. The number of benzene rings is 1. The smallest absolute Gasteiger partial charge is 0.270 e. The maximum atomic E-state index is 12.0. The molecule has 1 heterocycles. The molecule has 3 rings (SSSR count). The van der Waals surface area contributed by atoms with Crippen molar-refractivity contribution in [3.05, 3.63) is 45.8 Å². The first-order valence-corrected chi connectivity index (χ1v) is 9.87. The Bertz CT molecular complexity index is 865. The Labute approximate surface area is 165 Å². The van der Waals surface area contributed by atoms with Crippen LogP contribution in [0.15, 0.2) is 29.4 Å². The summed E-state index contributed by atoms with van der Waals surface area (Å²) in [5.41, 5.74) is 4.38. The number of nitrogens with zero attached hydrogens (tertiary/aromatic N) is 3. The number of hydrogen-bond acceptors (Lipinski definition) is 7. The van der Waals surface area contributed by atoms with Gasteiger partial charge in [-0.25, -0.2) is 4.98 Å². The number of amides is 2. The first-order chi connectivity index (χ1) is 13.5. The van der Waals surface area contributed by atoms with Crippen LogP contribution in [-0.2, 0) is 11.2 Å². The molecule has 0 aliphatic heterocycles. The van der Waals surface area contributed by atoms with Gasteiger partial charge in [0, 0.05) is 24.1 Å². The van der Waals surface area contributed by atoms with Crippen molar-refractivity contribution < 1.29 is 14.5 Å². The molecular formula is C17H20N6O4S. The number of hydrogen-bond donors (Lipinski definition) is 3. The number of carbonyl (C=O) groups excluding carboxylic acids is 2. The van der Waals surface area contributed by atoms with E-state index in [2.05, 4.69) is 26.0 Å². The highest BCUT2D eigenvalue weighted by Gasteiger charge is 2.18. The highest BCUT2D eigenvalue weighted by Crippen LogP contribution is 2.27. The van der Waals surface area contributed by atoms with Crippen LogP contribution in [0.4, 0.5) is 5.69 Å². The molecule has 11 heteroatoms. The molecule has 148 valence electrons. The van der Waals surface area contributed by atoms with E-state index in [0.717, 1.165) is 30.1 Å². The largest absolute Gasteiger partial charge is 0.272 e. The Hall–Kier alpha value is -2.95. The quantitative estimate of drug-likeness (QED) is 0.364. The van der Waals surface area contributed by atoms with E-state index in [1.165, 1.54) is 43.9 Å². The van der Waals surface area contributed by atoms with E-state index in [1.807, 2.05) is 0 Å². The lowest BCUT2D eigenvalue weighted by Crippen LogP contribution is -2.42. The predicted molar refractivity (Wildman–Crippen MR) is 101 cm³/mol. The summed E-state index contributed by atoms with van der Waals surface area (Å²) in [5, 5.41) is 18.2. The number of rotatable bonds is 7. The van der Waals surface area contributed by atoms with Gasteiger partial charge < -0.3 is 0 Å². The summed E-state index contributed by atoms with van der Waals surface area (Å²) in [6.45, 7) is 0. The average Bonchev–Trinajstić information content (AvgIpc) is 3.37. The molecule has 1 fully saturated rings. The maximum Gasteiger partial charge on any atom is 0.270 e. The Morgan fingerprint density at radius 2 is 2.07 bits per heavy atom. The van der Waals surface area contributed by atoms with Gasteiger partial charge in [-0.3, -0.25) is 35.7 Å². The normalized spacial score (nSPS) is 14.0. The molecular weight excluding hydrogens is 384 g/mol. The third-order valence-electron chi connectivity index (χ3n) is 4.43. The van der Waals surface area contributed by atoms with Crippen LogP contribution in [0, 0.1) is 16.0 Å². The highest BCUT2D eigenvalue weighted by molar-refractivity contribution is 7.99. The van der Waals surface area contributed by atoms with Crippen LogP contribution in [0.2, 0.25) is 0 Å². The van der Waals surface area contributed by atoms with Gasteiger partial charge in [0.1, 0.15) is 5.82 Å². The van der Waals surface area contributed by atoms with Gasteiger partial charge in [0.2, 0.25) is 11.1 Å². The number of H-pyrrole nitrogens is 1. The Morgan fingerprint density at radius 3 is 2.82 bits per heavy atom. The fourth-order valence-corrected chi connectivity index (χ4v) is 3.66. The number of non-ortho nitro benzene ring substituents is 1. The molecule has 0 bridgehead atoms. The van der Waals surface area contributed by atoms with Crippen molar-refractivity contribution in [3.8, 4) is 0 Å². The van der Waals surface area contributed by atoms with Gasteiger partial charge in [0.05, 0.1) is 10.7 Å². The lowest BCUT2D eigenvalue weighted by molar-refractivity contribution is -0.384. The summed E-state index contributed by atoms with van der Waals surface area (Å²) < 4.78 is 0. The molecule has 2 amide bonds. The third kappa shape index (κ3) is 5.52. The zero-order valence-electron chi connectivity index (χ0n) is 15.0. The molecule has 0 saturated heterocycles. The Kier molecular flexibility index (Phi) is 6.58. The van der Waals surface area contributed by atoms with Crippen LogP contribution >= 0.6 is 11.8 Å². The maximum absolute atomic E-state index is 12.0. The molecule has 0 unspecified atom stereocenters. The van der Waals surface area contributed by atoms with Gasteiger partial charge in [0.25, 0.3) is 11.6 Å². The molecule has 1 aromatic carbocycles. The molecule has 0 spiro atoms. The standard InChI is InChI=1S/C17H20N6O4S/c24-15(20-21-16(25)12-6-3-7-13(9-12)23(26)27)10-28-17-18-14(19-22-17)8-11-4-1-2-5-11/h3,6-7,9,11H,1-2,4-5,8,10H2,(H,20,24)(H,21,25)(H,18,19,22). The molecule has 0 atom stereocenters. The second kappa shape index (κ2) is 9.31. The predicted octanol–water partition coefficient (Wildman–Crippen LogP) is 2.00. The van der Waals surface area contributed by atoms with E-state index in [1.54, 1.807) is 0 Å². The van der Waals surface area contributed by atoms with Crippen molar-refractivity contribution in [1.82, 2.24) is 26.0 Å². The van der Waals surface area contributed by atoms with Crippen LogP contribution in [-0.4, -0.2) is 37.7 Å². The minimum atomic E-state index is -0.640. The van der Waals surface area contributed by atoms with Gasteiger partial charge in [-0.2, -0.15) is 0 Å². The van der Waals surface area contributed by atoms with E-state index in [0.29, 0.717) is 11.1 Å². The van der Waals surface area contributed by atoms with Crippen molar-refractivity contribution in [2.75, 3.05) is 5.75 Å². The summed E-state index contributed by atoms with van der Waals surface area (Å²) in [6.07, 6.45) is 5.84. The third-order valence-corrected chi connectivity index (χ3v) is 5.28. The Morgan fingerprint density at radius 1 is 1.29 bits per heavy atom. The number of thioether (sulfide) groups is 1. The second-order valence-electron chi connectivity index (χ2n) is 6.52. The van der Waals surface area contributed by atoms with Gasteiger partial charge >= 0.3 is 0 Å². The number of aromatic amines is 1. The van der Waals surface area contributed by atoms with E-state index in [9.17, 15) is 19.7 Å². The van der Waals surface area contributed by atoms with Gasteiger partial charge in [-0.15, -0.1) is 5.10 Å². The average molecular weight is 404 g/mol. The zero-order valence-corrected chi connectivity index (χ0v) is 15.8. The van der Waals surface area contributed by atoms with Gasteiger partial charge in [-0.1, -0.05) is 43.5 Å². The van der Waals surface area contributed by atoms with E-state index in [4.69, 9.17) is 0 Å². The van der Waals surface area contributed by atoms with Crippen LogP contribution < -0.4 is 10.9 Å². The number of hydrazine groups is 1. The van der Waals surface area contributed by atoms with Crippen LogP contribution in [0.5, 0.6) is 0 Å². The van der Waals surface area contributed by atoms with Crippen molar-refractivity contribution in [3.63, 3.8) is 0 Å². The van der Waals surface area contributed by atoms with Crippen LogP contribution in [0.1, 0.15) is 41.9 Å². The van der Waals surface area contributed by atoms with Crippen molar-refractivity contribution in [2.45, 2.75) is 37.3 Å². The van der Waals surface area contributed by atoms with Crippen molar-refractivity contribution >= 4 is 29.3 Å². The summed E-state index contributed by atoms with van der Waals surface area (Å²) in [6, 6.07) is 5.24. The van der Waals surface area contributed by atoms with Gasteiger partial charge in [-0.05, 0) is 12.0 Å². The van der Waals surface area contributed by atoms with Crippen LogP contribution in [0.25, 0.3) is 0 Å². The van der Waals surface area contributed by atoms with Crippen LogP contribution in [0.3, 0.4) is 0 Å². The van der Waals surface area contributed by atoms with Crippen molar-refractivity contribution in [2.24, 2.45) is 5.92 Å². The van der Waals surface area contributed by atoms with E-state index < -0.39 is 16.7 Å². The Balaban J connectivity index is 1.42. The highest BCUT2D eigenvalue weighted by atomic mass is 32.2.